The van der Waals surface area contributed by atoms with Crippen LogP contribution in [0.5, 0.6) is 0 Å². The molecule has 24 nitrogen and oxygen atoms in total. The van der Waals surface area contributed by atoms with Gasteiger partial charge in [-0.15, -0.1) is 0 Å². The number of nitrogens with zero attached hydrogens (tertiary/aromatic N) is 2. The summed E-state index contributed by atoms with van der Waals surface area (Å²) in [5.41, 5.74) is -2.15. The van der Waals surface area contributed by atoms with Gasteiger partial charge in [0.25, 0.3) is 0 Å². The number of methoxy groups -OCH3 is 1. The minimum Gasteiger partial charge on any atom is -0.444 e. The lowest BCUT2D eigenvalue weighted by molar-refractivity contribution is -0.141. The predicted octanol–water partition coefficient (Wildman–Crippen LogP) is 5.04. The number of carbonyl (C=O) groups is 10. The molecule has 2 aromatic rings. The fourth-order valence-corrected chi connectivity index (χ4v) is 11.6. The molecule has 6 aliphatic rings. The molecule has 2 aliphatic carbocycles. The Morgan fingerprint density at radius 3 is 1.40 bits per heavy atom. The maximum absolute atomic E-state index is 13.9. The maximum atomic E-state index is 13.9. The Bertz CT molecular complexity index is 2900. The third-order valence-corrected chi connectivity index (χ3v) is 16.5. The molecule has 2 saturated carbocycles. The lowest BCUT2D eigenvalue weighted by Gasteiger charge is -2.30. The van der Waals surface area contributed by atoms with E-state index in [0.29, 0.717) is 51.6 Å². The largest absolute Gasteiger partial charge is 0.444 e. The highest BCUT2D eigenvalue weighted by atomic mass is 127. The van der Waals surface area contributed by atoms with Crippen LogP contribution in [0, 0.1) is 11.8 Å². The molecule has 10 amide bonds. The van der Waals surface area contributed by atoms with Gasteiger partial charge < -0.3 is 71.7 Å². The van der Waals surface area contributed by atoms with Crippen molar-refractivity contribution in [1.82, 2.24) is 52.3 Å². The molecular weight excluding hydrogens is 1280 g/mol. The van der Waals surface area contributed by atoms with Gasteiger partial charge in [-0.1, -0.05) is 133 Å². The predicted molar refractivity (Wildman–Crippen MR) is 348 cm³/mol. The summed E-state index contributed by atoms with van der Waals surface area (Å²) in [6, 6.07) is 15.1. The SMILES string of the molecule is CC(C)(C)OC(=O)N[C@H]1CCCCC/C=C\[C@@H]2C[C@@]2(C(=O)NCC(=O)NCc2ccccc2)NC(=O)[C@@H]2C[C@@H](O)CN2C1=O.CI.CO[C@@H]1C[C@H]2C(=O)N[C@]3(C(=O)NCC(=O)NCc4ccccc4)C[C@H]3/C=C\CCCCC[C@H](NC(=O)OC(C)(C)C)C(=O)N2C1. The highest BCUT2D eigenvalue weighted by Crippen LogP contribution is 2.47. The molecule has 2 aromatic carbocycles. The first-order valence-corrected chi connectivity index (χ1v) is 33.8. The van der Waals surface area contributed by atoms with Crippen LogP contribution in [0.25, 0.3) is 0 Å². The van der Waals surface area contributed by atoms with E-state index in [0.717, 1.165) is 49.7 Å². The average Bonchev–Trinajstić information content (AvgIpc) is 1.60. The van der Waals surface area contributed by atoms with E-state index in [-0.39, 0.29) is 62.7 Å². The summed E-state index contributed by atoms with van der Waals surface area (Å²) in [4.78, 5) is 137. The number of hydrogen-bond donors (Lipinski definition) is 9. The van der Waals surface area contributed by atoms with E-state index in [1.807, 2.05) is 89.9 Å². The van der Waals surface area contributed by atoms with Crippen LogP contribution in [-0.4, -0.2) is 171 Å². The topological polar surface area (TPSA) is 321 Å². The van der Waals surface area contributed by atoms with Gasteiger partial charge in [-0.05, 0) is 109 Å². The van der Waals surface area contributed by atoms with Crippen molar-refractivity contribution in [1.29, 1.82) is 0 Å². The van der Waals surface area contributed by atoms with Crippen LogP contribution in [0.1, 0.15) is 143 Å². The monoisotopic (exact) mass is 1380 g/mol. The van der Waals surface area contributed by atoms with E-state index in [1.165, 1.54) is 16.9 Å². The van der Waals surface area contributed by atoms with Gasteiger partial charge in [-0.2, -0.15) is 0 Å². The number of aliphatic hydroxyl groups excluding tert-OH is 1. The Morgan fingerprint density at radius 2 is 0.989 bits per heavy atom. The van der Waals surface area contributed by atoms with Crippen molar-refractivity contribution in [3.05, 3.63) is 96.1 Å². The van der Waals surface area contributed by atoms with E-state index < -0.39 is 106 Å². The summed E-state index contributed by atoms with van der Waals surface area (Å²) in [7, 11) is 1.52. The first kappa shape index (κ1) is 72.9. The third-order valence-electron chi connectivity index (χ3n) is 16.5. The van der Waals surface area contributed by atoms with Gasteiger partial charge in [0.2, 0.25) is 47.3 Å². The first-order chi connectivity index (χ1) is 43.3. The van der Waals surface area contributed by atoms with E-state index in [4.69, 9.17) is 14.2 Å². The summed E-state index contributed by atoms with van der Waals surface area (Å²) < 4.78 is 16.3. The molecule has 4 heterocycles. The number of halogens is 1. The molecule has 0 bridgehead atoms. The standard InChI is InChI=1S/C33H47N5O7.C32H45N5O7.CH3I/c1-32(2,3)45-31(43)36-25-16-12-7-5-6-11-15-23-18-33(23,37-28(40)26-17-24(44-4)21-38(26)29(25)41)30(42)35-20-27(39)34-19-22-13-9-8-10-14-22;1-31(2,3)44-30(43)35-24-15-11-6-4-5-10-14-22-17-32(22,36-27(40)25-16-23(38)20-37(25)28(24)41)29(42)34-19-26(39)33-18-21-12-8-7-9-13-21;1-2/h8-11,13-15,23-26H,5-7,12,16-21H2,1-4H3,(H,34,39)(H,35,42)(H,36,43)(H,37,40);7-10,12-14,22-25,38H,4-6,11,15-20H2,1-3H3,(H,33,39)(H,34,42)(H,35,43)(H,36,40);1H3/b15-11-;14-10-;/t23-,24-,25+,26+,33-;22-,23-,24+,25+,32-;/m11./s1. The van der Waals surface area contributed by atoms with Crippen LogP contribution >= 0.6 is 22.6 Å². The molecule has 9 N–H and O–H groups in total. The Morgan fingerprint density at radius 1 is 0.582 bits per heavy atom. The van der Waals surface area contributed by atoms with Crippen LogP contribution in [0.15, 0.2) is 85.0 Å². The van der Waals surface area contributed by atoms with Gasteiger partial charge in [-0.3, -0.25) is 38.4 Å². The second kappa shape index (κ2) is 34.0. The Kier molecular flexibility index (Phi) is 27.2. The minimum absolute atomic E-state index is 0.00315. The highest BCUT2D eigenvalue weighted by Gasteiger charge is 2.62. The molecule has 4 aliphatic heterocycles. The number of ether oxygens (including phenoxy) is 3. The third kappa shape index (κ3) is 22.0. The fraction of sp³-hybridized carbons (Fsp3) is 0.606. The number of allylic oxidation sites excluding steroid dienone is 2. The zero-order valence-corrected chi connectivity index (χ0v) is 56.0. The van der Waals surface area contributed by atoms with Gasteiger partial charge in [0.05, 0.1) is 25.3 Å². The van der Waals surface area contributed by atoms with Crippen molar-refractivity contribution in [3.63, 3.8) is 0 Å². The molecule has 0 radical (unpaired) electrons. The molecule has 0 aromatic heterocycles. The number of alkyl carbamates (subject to hydrolysis) is 2. The van der Waals surface area contributed by atoms with Crippen molar-refractivity contribution >= 4 is 82.0 Å². The zero-order chi connectivity index (χ0) is 66.5. The molecule has 8 rings (SSSR count). The molecule has 4 fully saturated rings. The number of fused-ring (bicyclic) bond motifs is 4. The van der Waals surface area contributed by atoms with E-state index in [1.54, 1.807) is 41.5 Å². The Balaban J connectivity index is 0.000000282. The summed E-state index contributed by atoms with van der Waals surface area (Å²) in [6.45, 7) is 10.7. The van der Waals surface area contributed by atoms with Crippen molar-refractivity contribution in [3.8, 4) is 0 Å². The number of amides is 10. The maximum Gasteiger partial charge on any atom is 0.408 e. The normalized spacial score (nSPS) is 27.5. The summed E-state index contributed by atoms with van der Waals surface area (Å²) in [5.74, 6) is -4.10. The summed E-state index contributed by atoms with van der Waals surface area (Å²) in [5, 5.41) is 32.6. The van der Waals surface area contributed by atoms with Gasteiger partial charge in [0.1, 0.15) is 46.4 Å². The zero-order valence-electron chi connectivity index (χ0n) is 53.9. The van der Waals surface area contributed by atoms with E-state index in [9.17, 15) is 53.1 Å². The Labute approximate surface area is 548 Å². The number of carbonyl (C=O) groups excluding carboxylic acids is 10. The van der Waals surface area contributed by atoms with Gasteiger partial charge in [0, 0.05) is 58.0 Å². The molecule has 500 valence electrons. The van der Waals surface area contributed by atoms with Gasteiger partial charge >= 0.3 is 12.2 Å². The molecule has 91 heavy (non-hydrogen) atoms. The second-order valence-corrected chi connectivity index (χ2v) is 26.0. The van der Waals surface area contributed by atoms with Crippen LogP contribution in [0.2, 0.25) is 0 Å². The van der Waals surface area contributed by atoms with E-state index >= 15 is 0 Å². The quantitative estimate of drug-likeness (QED) is 0.0721. The number of alkyl halides is 1. The minimum atomic E-state index is -1.27. The number of benzene rings is 2. The van der Waals surface area contributed by atoms with Crippen LogP contribution in [0.3, 0.4) is 0 Å². The first-order valence-electron chi connectivity index (χ1n) is 31.6. The van der Waals surface area contributed by atoms with Crippen LogP contribution < -0.4 is 42.5 Å². The molecular formula is C66H95IN10O14. The van der Waals surface area contributed by atoms with Crippen molar-refractivity contribution in [2.24, 2.45) is 11.8 Å². The van der Waals surface area contributed by atoms with Crippen LogP contribution in [-0.2, 0) is 65.7 Å². The number of rotatable bonds is 13. The van der Waals surface area contributed by atoms with E-state index in [2.05, 4.69) is 65.1 Å². The molecule has 25 heteroatoms. The summed E-state index contributed by atoms with van der Waals surface area (Å²) >= 11 is 2.15. The van der Waals surface area contributed by atoms with Gasteiger partial charge in [-0.25, -0.2) is 9.59 Å². The van der Waals surface area contributed by atoms with Gasteiger partial charge in [0.15, 0.2) is 0 Å². The smallest absolute Gasteiger partial charge is 0.408 e. The van der Waals surface area contributed by atoms with Crippen LogP contribution in [0.4, 0.5) is 9.59 Å². The van der Waals surface area contributed by atoms with Crippen molar-refractivity contribution in [2.45, 2.75) is 203 Å². The molecule has 2 saturated heterocycles. The highest BCUT2D eigenvalue weighted by molar-refractivity contribution is 14.1. The lowest BCUT2D eigenvalue weighted by Crippen LogP contribution is -2.58. The number of hydrogen-bond acceptors (Lipinski definition) is 14. The van der Waals surface area contributed by atoms with Crippen molar-refractivity contribution in [2.75, 3.05) is 38.2 Å². The molecule has 0 spiro atoms. The fourth-order valence-electron chi connectivity index (χ4n) is 11.6. The number of nitrogens with one attached hydrogen (secondary N) is 8. The summed E-state index contributed by atoms with van der Waals surface area (Å²) in [6.07, 6.45) is 13.1. The molecule has 10 atom stereocenters. The average molecular weight is 1380 g/mol. The second-order valence-electron chi connectivity index (χ2n) is 26.0. The lowest BCUT2D eigenvalue weighted by atomic mass is 10.0. The Hall–Kier alpha value is -7.13. The molecule has 0 unspecified atom stereocenters. The van der Waals surface area contributed by atoms with Crippen molar-refractivity contribution < 1.29 is 67.3 Å². The number of aliphatic hydroxyl groups is 1.